The lowest BCUT2D eigenvalue weighted by Crippen LogP contribution is -2.42. The van der Waals surface area contributed by atoms with Gasteiger partial charge in [-0.25, -0.2) is 4.98 Å². The molecule has 0 spiro atoms. The Balaban J connectivity index is 0.00000182. The zero-order valence-corrected chi connectivity index (χ0v) is 18.1. The number of hydrogen-bond acceptors (Lipinski definition) is 5. The van der Waals surface area contributed by atoms with Gasteiger partial charge in [0.2, 0.25) is 0 Å². The Kier molecular flexibility index (Phi) is 9.53. The lowest BCUT2D eigenvalue weighted by atomic mass is 9.81. The fourth-order valence-electron chi connectivity index (χ4n) is 2.96. The van der Waals surface area contributed by atoms with Crippen molar-refractivity contribution in [3.05, 3.63) is 35.3 Å². The first-order chi connectivity index (χ1) is 12.1. The molecule has 0 saturated carbocycles. The highest BCUT2D eigenvalue weighted by molar-refractivity contribution is 7.13. The minimum absolute atomic E-state index is 0. The molecule has 0 bridgehead atoms. The lowest BCUT2D eigenvalue weighted by molar-refractivity contribution is 0.0918. The van der Waals surface area contributed by atoms with E-state index in [9.17, 15) is 4.79 Å². The summed E-state index contributed by atoms with van der Waals surface area (Å²) < 4.78 is 5.45. The average molecular weight is 432 g/mol. The van der Waals surface area contributed by atoms with E-state index in [1.165, 1.54) is 11.3 Å². The maximum atomic E-state index is 12.4. The molecule has 0 radical (unpaired) electrons. The van der Waals surface area contributed by atoms with E-state index < -0.39 is 0 Å². The van der Waals surface area contributed by atoms with Crippen molar-refractivity contribution in [2.75, 3.05) is 26.2 Å². The largest absolute Gasteiger partial charge is 0.494 e. The molecule has 1 aliphatic rings. The van der Waals surface area contributed by atoms with Crippen molar-refractivity contribution in [1.82, 2.24) is 15.6 Å². The van der Waals surface area contributed by atoms with Crippen LogP contribution in [0.4, 0.5) is 0 Å². The second-order valence-electron chi connectivity index (χ2n) is 6.74. The van der Waals surface area contributed by atoms with E-state index in [0.717, 1.165) is 42.3 Å². The molecule has 2 N–H and O–H groups in total. The zero-order valence-electron chi connectivity index (χ0n) is 15.6. The molecular formula is C19H27Cl2N3O2S. The predicted octanol–water partition coefficient (Wildman–Crippen LogP) is 4.17. The predicted molar refractivity (Wildman–Crippen MR) is 116 cm³/mol. The summed E-state index contributed by atoms with van der Waals surface area (Å²) in [7, 11) is 0. The smallest absolute Gasteiger partial charge is 0.270 e. The summed E-state index contributed by atoms with van der Waals surface area (Å²) in [5, 5.41) is 9.09. The van der Waals surface area contributed by atoms with Crippen molar-refractivity contribution in [3.63, 3.8) is 0 Å². The number of aromatic nitrogens is 1. The number of thiazole rings is 1. The standard InChI is InChI=1S/C19H25N3O2S.2ClH/c1-3-24-15-6-4-14(5-7-15)18-22-16(12-25-18)17(23)21-13-19(2)8-10-20-11-9-19;;/h4-7,12,20H,3,8-11,13H2,1-2H3,(H,21,23);2*1H. The van der Waals surface area contributed by atoms with E-state index in [0.29, 0.717) is 18.8 Å². The Labute approximate surface area is 177 Å². The molecule has 2 aromatic rings. The average Bonchev–Trinajstić information content (AvgIpc) is 3.12. The summed E-state index contributed by atoms with van der Waals surface area (Å²) in [5.74, 6) is 0.754. The van der Waals surface area contributed by atoms with Crippen molar-refractivity contribution < 1.29 is 9.53 Å². The van der Waals surface area contributed by atoms with Crippen LogP contribution in [0.3, 0.4) is 0 Å². The minimum Gasteiger partial charge on any atom is -0.494 e. The summed E-state index contributed by atoms with van der Waals surface area (Å²) >= 11 is 1.49. The number of rotatable bonds is 6. The van der Waals surface area contributed by atoms with Crippen LogP contribution >= 0.6 is 36.2 Å². The van der Waals surface area contributed by atoms with Crippen LogP contribution in [0.2, 0.25) is 0 Å². The van der Waals surface area contributed by atoms with E-state index in [1.54, 1.807) is 0 Å². The number of halogens is 2. The molecule has 150 valence electrons. The normalized spacial score (nSPS) is 15.2. The lowest BCUT2D eigenvalue weighted by Gasteiger charge is -2.34. The van der Waals surface area contributed by atoms with Crippen LogP contribution in [-0.2, 0) is 0 Å². The molecule has 1 saturated heterocycles. The quantitative estimate of drug-likeness (QED) is 0.719. The van der Waals surface area contributed by atoms with Gasteiger partial charge < -0.3 is 15.4 Å². The van der Waals surface area contributed by atoms with E-state index in [2.05, 4.69) is 22.5 Å². The maximum absolute atomic E-state index is 12.4. The van der Waals surface area contributed by atoms with Crippen LogP contribution in [-0.4, -0.2) is 37.1 Å². The van der Waals surface area contributed by atoms with E-state index in [1.807, 2.05) is 36.6 Å². The molecule has 0 unspecified atom stereocenters. The Hall–Kier alpha value is -1.34. The highest BCUT2D eigenvalue weighted by Crippen LogP contribution is 2.28. The first-order valence-corrected chi connectivity index (χ1v) is 9.65. The number of carbonyl (C=O) groups excluding carboxylic acids is 1. The summed E-state index contributed by atoms with van der Waals surface area (Å²) in [6.45, 7) is 7.58. The molecular weight excluding hydrogens is 405 g/mol. The van der Waals surface area contributed by atoms with Crippen molar-refractivity contribution in [3.8, 4) is 16.3 Å². The van der Waals surface area contributed by atoms with Crippen LogP contribution in [0, 0.1) is 5.41 Å². The van der Waals surface area contributed by atoms with Gasteiger partial charge in [-0.2, -0.15) is 0 Å². The fraction of sp³-hybridized carbons (Fsp3) is 0.474. The molecule has 1 aromatic carbocycles. The molecule has 8 heteroatoms. The van der Waals surface area contributed by atoms with Gasteiger partial charge in [-0.05, 0) is 62.5 Å². The number of nitrogens with one attached hydrogen (secondary N) is 2. The molecule has 1 aliphatic heterocycles. The van der Waals surface area contributed by atoms with Crippen molar-refractivity contribution >= 4 is 42.1 Å². The Bertz CT molecular complexity index is 716. The number of ether oxygens (including phenoxy) is 1. The molecule has 3 rings (SSSR count). The molecule has 1 amide bonds. The third-order valence-corrected chi connectivity index (χ3v) is 5.53. The van der Waals surface area contributed by atoms with Gasteiger partial charge in [-0.15, -0.1) is 36.2 Å². The van der Waals surface area contributed by atoms with Gasteiger partial charge in [0.1, 0.15) is 16.5 Å². The minimum atomic E-state index is -0.0896. The maximum Gasteiger partial charge on any atom is 0.270 e. The monoisotopic (exact) mass is 431 g/mol. The third kappa shape index (κ3) is 6.35. The zero-order chi connectivity index (χ0) is 17.7. The molecule has 0 aliphatic carbocycles. The van der Waals surface area contributed by atoms with E-state index in [4.69, 9.17) is 4.74 Å². The molecule has 2 heterocycles. The second-order valence-corrected chi connectivity index (χ2v) is 7.60. The van der Waals surface area contributed by atoms with Gasteiger partial charge in [0.05, 0.1) is 6.61 Å². The Morgan fingerprint density at radius 2 is 1.93 bits per heavy atom. The van der Waals surface area contributed by atoms with Gasteiger partial charge in [0, 0.05) is 17.5 Å². The van der Waals surface area contributed by atoms with Crippen LogP contribution in [0.15, 0.2) is 29.6 Å². The highest BCUT2D eigenvalue weighted by atomic mass is 35.5. The number of hydrogen-bond donors (Lipinski definition) is 2. The summed E-state index contributed by atoms with van der Waals surface area (Å²) in [4.78, 5) is 16.9. The van der Waals surface area contributed by atoms with Gasteiger partial charge in [-0.1, -0.05) is 6.92 Å². The summed E-state index contributed by atoms with van der Waals surface area (Å²) in [6.07, 6.45) is 2.17. The third-order valence-electron chi connectivity index (χ3n) is 4.64. The van der Waals surface area contributed by atoms with Crippen LogP contribution < -0.4 is 15.4 Å². The van der Waals surface area contributed by atoms with Crippen LogP contribution in [0.5, 0.6) is 5.75 Å². The van der Waals surface area contributed by atoms with Gasteiger partial charge in [0.25, 0.3) is 5.91 Å². The molecule has 27 heavy (non-hydrogen) atoms. The number of benzene rings is 1. The Morgan fingerprint density at radius 1 is 1.26 bits per heavy atom. The summed E-state index contributed by atoms with van der Waals surface area (Å²) in [6, 6.07) is 7.80. The first kappa shape index (κ1) is 23.7. The molecule has 5 nitrogen and oxygen atoms in total. The highest BCUT2D eigenvalue weighted by Gasteiger charge is 2.27. The van der Waals surface area contributed by atoms with E-state index >= 15 is 0 Å². The number of amides is 1. The molecule has 0 atom stereocenters. The van der Waals surface area contributed by atoms with E-state index in [-0.39, 0.29) is 36.1 Å². The fourth-order valence-corrected chi connectivity index (χ4v) is 3.77. The van der Waals surface area contributed by atoms with Crippen molar-refractivity contribution in [2.45, 2.75) is 26.7 Å². The summed E-state index contributed by atoms with van der Waals surface area (Å²) in [5.41, 5.74) is 1.67. The number of piperidine rings is 1. The number of nitrogens with zero attached hydrogens (tertiary/aromatic N) is 1. The number of carbonyl (C=O) groups is 1. The second kappa shape index (κ2) is 10.9. The Morgan fingerprint density at radius 3 is 2.56 bits per heavy atom. The van der Waals surface area contributed by atoms with Crippen LogP contribution in [0.25, 0.3) is 10.6 Å². The SMILES string of the molecule is CCOc1ccc(-c2nc(C(=O)NCC3(C)CCNCC3)cs2)cc1.Cl.Cl. The first-order valence-electron chi connectivity index (χ1n) is 8.77. The molecule has 1 fully saturated rings. The van der Waals surface area contributed by atoms with Crippen molar-refractivity contribution in [1.29, 1.82) is 0 Å². The van der Waals surface area contributed by atoms with Gasteiger partial charge in [0.15, 0.2) is 0 Å². The molecule has 1 aromatic heterocycles. The van der Waals surface area contributed by atoms with Crippen molar-refractivity contribution in [2.24, 2.45) is 5.41 Å². The van der Waals surface area contributed by atoms with Gasteiger partial charge >= 0.3 is 0 Å². The van der Waals surface area contributed by atoms with Gasteiger partial charge in [-0.3, -0.25) is 4.79 Å². The topological polar surface area (TPSA) is 63.2 Å². The van der Waals surface area contributed by atoms with Crippen LogP contribution in [0.1, 0.15) is 37.2 Å².